The third-order valence-electron chi connectivity index (χ3n) is 3.08. The first-order chi connectivity index (χ1) is 6.66. The van der Waals surface area contributed by atoms with Crippen LogP contribution in [0, 0.1) is 11.8 Å². The zero-order valence-corrected chi connectivity index (χ0v) is 9.41. The summed E-state index contributed by atoms with van der Waals surface area (Å²) < 4.78 is 2.01. The first kappa shape index (κ1) is 9.97. The lowest BCUT2D eigenvalue weighted by atomic mass is 9.80. The predicted octanol–water partition coefficient (Wildman–Crippen LogP) is 2.93. The van der Waals surface area contributed by atoms with Gasteiger partial charge in [-0.2, -0.15) is 0 Å². The van der Waals surface area contributed by atoms with Crippen LogP contribution in [-0.4, -0.2) is 14.8 Å². The summed E-state index contributed by atoms with van der Waals surface area (Å²) in [6.45, 7) is 4.61. The summed E-state index contributed by atoms with van der Waals surface area (Å²) >= 11 is 5.96. The highest BCUT2D eigenvalue weighted by Crippen LogP contribution is 2.36. The van der Waals surface area contributed by atoms with E-state index in [0.717, 1.165) is 11.8 Å². The first-order valence-corrected chi connectivity index (χ1v) is 5.59. The maximum Gasteiger partial charge on any atom is 0.225 e. The minimum absolute atomic E-state index is 0.497. The van der Waals surface area contributed by atoms with Gasteiger partial charge in [0.1, 0.15) is 6.33 Å². The Kier molecular flexibility index (Phi) is 2.77. The molecule has 0 N–H and O–H groups in total. The van der Waals surface area contributed by atoms with Crippen LogP contribution in [0.3, 0.4) is 0 Å². The van der Waals surface area contributed by atoms with E-state index in [1.807, 2.05) is 4.57 Å². The second-order valence-electron chi connectivity index (χ2n) is 4.58. The molecule has 0 bridgehead atoms. The molecule has 3 nitrogen and oxygen atoms in total. The third kappa shape index (κ3) is 1.92. The van der Waals surface area contributed by atoms with E-state index in [1.165, 1.54) is 19.3 Å². The molecule has 1 aromatic heterocycles. The maximum absolute atomic E-state index is 5.96. The Morgan fingerprint density at radius 1 is 1.29 bits per heavy atom. The standard InChI is InChI=1S/C10H16ClN3/c1-7-3-8(2)5-9(4-7)14-6-12-13-10(14)11/h6-9H,3-5H2,1-2H3. The molecule has 1 saturated carbocycles. The average molecular weight is 214 g/mol. The molecule has 0 aliphatic heterocycles. The van der Waals surface area contributed by atoms with Crippen LogP contribution < -0.4 is 0 Å². The molecule has 0 saturated heterocycles. The van der Waals surface area contributed by atoms with Gasteiger partial charge < -0.3 is 4.57 Å². The van der Waals surface area contributed by atoms with E-state index in [-0.39, 0.29) is 0 Å². The smallest absolute Gasteiger partial charge is 0.225 e. The van der Waals surface area contributed by atoms with Gasteiger partial charge in [0.15, 0.2) is 0 Å². The van der Waals surface area contributed by atoms with Gasteiger partial charge in [0, 0.05) is 6.04 Å². The van der Waals surface area contributed by atoms with Crippen molar-refractivity contribution in [3.63, 3.8) is 0 Å². The van der Waals surface area contributed by atoms with Crippen LogP contribution >= 0.6 is 11.6 Å². The molecule has 2 unspecified atom stereocenters. The van der Waals surface area contributed by atoms with Crippen LogP contribution in [0.5, 0.6) is 0 Å². The van der Waals surface area contributed by atoms with E-state index < -0.39 is 0 Å². The van der Waals surface area contributed by atoms with Gasteiger partial charge in [0.25, 0.3) is 0 Å². The van der Waals surface area contributed by atoms with Crippen molar-refractivity contribution in [3.05, 3.63) is 11.6 Å². The Bertz CT molecular complexity index is 300. The van der Waals surface area contributed by atoms with E-state index in [2.05, 4.69) is 24.0 Å². The topological polar surface area (TPSA) is 30.7 Å². The van der Waals surface area contributed by atoms with Crippen molar-refractivity contribution in [2.24, 2.45) is 11.8 Å². The van der Waals surface area contributed by atoms with Crippen molar-refractivity contribution in [1.29, 1.82) is 0 Å². The van der Waals surface area contributed by atoms with E-state index in [9.17, 15) is 0 Å². The molecule has 2 rings (SSSR count). The van der Waals surface area contributed by atoms with Crippen LogP contribution in [0.25, 0.3) is 0 Å². The number of hydrogen-bond donors (Lipinski definition) is 0. The van der Waals surface area contributed by atoms with Crippen molar-refractivity contribution in [3.8, 4) is 0 Å². The zero-order valence-electron chi connectivity index (χ0n) is 8.65. The number of nitrogens with zero attached hydrogens (tertiary/aromatic N) is 3. The van der Waals surface area contributed by atoms with Crippen LogP contribution in [0.4, 0.5) is 0 Å². The minimum atomic E-state index is 0.497. The Balaban J connectivity index is 2.15. The fourth-order valence-corrected chi connectivity index (χ4v) is 2.83. The van der Waals surface area contributed by atoms with Crippen molar-refractivity contribution in [2.45, 2.75) is 39.2 Å². The van der Waals surface area contributed by atoms with Gasteiger partial charge in [-0.25, -0.2) is 0 Å². The molecule has 4 heteroatoms. The van der Waals surface area contributed by atoms with Crippen molar-refractivity contribution in [1.82, 2.24) is 14.8 Å². The Morgan fingerprint density at radius 3 is 2.43 bits per heavy atom. The van der Waals surface area contributed by atoms with Gasteiger partial charge in [-0.05, 0) is 42.7 Å². The summed E-state index contributed by atoms with van der Waals surface area (Å²) in [4.78, 5) is 0. The number of halogens is 1. The fraction of sp³-hybridized carbons (Fsp3) is 0.800. The highest BCUT2D eigenvalue weighted by atomic mass is 35.5. The summed E-state index contributed by atoms with van der Waals surface area (Å²) in [7, 11) is 0. The highest BCUT2D eigenvalue weighted by Gasteiger charge is 2.26. The summed E-state index contributed by atoms with van der Waals surface area (Å²) in [5.41, 5.74) is 0. The average Bonchev–Trinajstić information content (AvgIpc) is 2.49. The van der Waals surface area contributed by atoms with Gasteiger partial charge in [-0.15, -0.1) is 10.2 Å². The molecule has 0 spiro atoms. The normalized spacial score (nSPS) is 33.2. The van der Waals surface area contributed by atoms with Gasteiger partial charge in [0.2, 0.25) is 5.28 Å². The van der Waals surface area contributed by atoms with E-state index in [1.54, 1.807) is 6.33 Å². The number of rotatable bonds is 1. The Hall–Kier alpha value is -0.570. The molecule has 1 heterocycles. The van der Waals surface area contributed by atoms with Crippen molar-refractivity contribution < 1.29 is 0 Å². The highest BCUT2D eigenvalue weighted by molar-refractivity contribution is 6.28. The summed E-state index contributed by atoms with van der Waals surface area (Å²) in [5, 5.41) is 8.17. The molecule has 2 atom stereocenters. The number of aromatic nitrogens is 3. The monoisotopic (exact) mass is 213 g/mol. The lowest BCUT2D eigenvalue weighted by Gasteiger charge is -2.32. The molecular formula is C10H16ClN3. The Morgan fingerprint density at radius 2 is 1.93 bits per heavy atom. The predicted molar refractivity (Wildman–Crippen MR) is 56.2 cm³/mol. The molecule has 14 heavy (non-hydrogen) atoms. The van der Waals surface area contributed by atoms with Gasteiger partial charge in [-0.1, -0.05) is 13.8 Å². The molecule has 1 aliphatic carbocycles. The molecule has 1 fully saturated rings. The molecule has 0 radical (unpaired) electrons. The summed E-state index contributed by atoms with van der Waals surface area (Å²) in [6.07, 6.45) is 5.47. The zero-order chi connectivity index (χ0) is 10.1. The van der Waals surface area contributed by atoms with Crippen molar-refractivity contribution >= 4 is 11.6 Å². The lowest BCUT2D eigenvalue weighted by molar-refractivity contribution is 0.221. The number of hydrogen-bond acceptors (Lipinski definition) is 2. The molecule has 1 aromatic rings. The maximum atomic E-state index is 5.96. The molecular weight excluding hydrogens is 198 g/mol. The molecule has 0 amide bonds. The molecule has 78 valence electrons. The second kappa shape index (κ2) is 3.89. The molecule has 1 aliphatic rings. The van der Waals surface area contributed by atoms with Crippen LogP contribution in [0.2, 0.25) is 5.28 Å². The fourth-order valence-electron chi connectivity index (χ4n) is 2.60. The largest absolute Gasteiger partial charge is 0.301 e. The van der Waals surface area contributed by atoms with E-state index in [4.69, 9.17) is 11.6 Å². The van der Waals surface area contributed by atoms with Crippen LogP contribution in [0.1, 0.15) is 39.2 Å². The lowest BCUT2D eigenvalue weighted by Crippen LogP contribution is -2.22. The molecule has 0 aromatic carbocycles. The minimum Gasteiger partial charge on any atom is -0.301 e. The van der Waals surface area contributed by atoms with Crippen LogP contribution in [0.15, 0.2) is 6.33 Å². The summed E-state index contributed by atoms with van der Waals surface area (Å²) in [5.74, 6) is 1.56. The van der Waals surface area contributed by atoms with Gasteiger partial charge >= 0.3 is 0 Å². The van der Waals surface area contributed by atoms with Crippen LogP contribution in [-0.2, 0) is 0 Å². The quantitative estimate of drug-likeness (QED) is 0.718. The van der Waals surface area contributed by atoms with Gasteiger partial charge in [0.05, 0.1) is 0 Å². The van der Waals surface area contributed by atoms with E-state index >= 15 is 0 Å². The first-order valence-electron chi connectivity index (χ1n) is 5.21. The Labute approximate surface area is 89.5 Å². The van der Waals surface area contributed by atoms with Crippen molar-refractivity contribution in [2.75, 3.05) is 0 Å². The van der Waals surface area contributed by atoms with Gasteiger partial charge in [-0.3, -0.25) is 0 Å². The van der Waals surface area contributed by atoms with E-state index in [0.29, 0.717) is 11.3 Å². The summed E-state index contributed by atoms with van der Waals surface area (Å²) in [6, 6.07) is 0.497. The third-order valence-corrected chi connectivity index (χ3v) is 3.35. The SMILES string of the molecule is CC1CC(C)CC(n2cnnc2Cl)C1. The second-order valence-corrected chi connectivity index (χ2v) is 4.92.